The highest BCUT2D eigenvalue weighted by molar-refractivity contribution is 5.73. The molecule has 6 nitrogen and oxygen atoms in total. The highest BCUT2D eigenvalue weighted by atomic mass is 19.1. The number of imidazole rings is 1. The molecule has 3 aromatic rings. The topological polar surface area (TPSA) is 88.1 Å². The second kappa shape index (κ2) is 10.0. The van der Waals surface area contributed by atoms with Crippen LogP contribution in [-0.4, -0.2) is 32.1 Å². The average molecular weight is 462 g/mol. The largest absolute Gasteiger partial charge is 0.481 e. The fourth-order valence-corrected chi connectivity index (χ4v) is 4.37. The zero-order chi connectivity index (χ0) is 24.2. The van der Waals surface area contributed by atoms with Gasteiger partial charge in [-0.15, -0.1) is 0 Å². The van der Waals surface area contributed by atoms with Crippen molar-refractivity contribution in [2.24, 2.45) is 5.92 Å². The maximum atomic E-state index is 15.0. The van der Waals surface area contributed by atoms with E-state index in [1.807, 2.05) is 19.1 Å². The summed E-state index contributed by atoms with van der Waals surface area (Å²) in [6.45, 7) is 9.53. The Morgan fingerprint density at radius 3 is 2.53 bits per heavy atom. The molecule has 34 heavy (non-hydrogen) atoms. The zero-order valence-electron chi connectivity index (χ0n) is 19.2. The van der Waals surface area contributed by atoms with Crippen LogP contribution in [-0.2, 0) is 4.79 Å². The minimum Gasteiger partial charge on any atom is -0.481 e. The van der Waals surface area contributed by atoms with Crippen LogP contribution in [0.1, 0.15) is 50.4 Å². The minimum atomic E-state index is -0.742. The Hall–Kier alpha value is -3.74. The summed E-state index contributed by atoms with van der Waals surface area (Å²) in [5, 5.41) is 8.94. The number of carbonyl (C=O) groups is 1. The third-order valence-electron chi connectivity index (χ3n) is 6.18. The van der Waals surface area contributed by atoms with E-state index in [1.54, 1.807) is 24.4 Å². The van der Waals surface area contributed by atoms with Gasteiger partial charge in [-0.1, -0.05) is 19.2 Å². The van der Waals surface area contributed by atoms with Crippen LogP contribution in [0.5, 0.6) is 5.88 Å². The molecule has 0 bridgehead atoms. The van der Waals surface area contributed by atoms with Gasteiger partial charge < -0.3 is 14.8 Å². The van der Waals surface area contributed by atoms with Crippen LogP contribution in [0.15, 0.2) is 49.7 Å². The standard InChI is InChI=1S/C27H28FN3O3/c1-4-23-26(16(2)3)31-27(30-23)21-11-7-18(14-22(21)28)19-8-12-24(29-15-19)34-20-9-5-17(6-10-20)13-25(32)33/h4,7-8,11-12,14-15,17,20H,1-2,5-6,9-10,13H2,3H3,(H,30,31)(H,32,33). The van der Waals surface area contributed by atoms with Gasteiger partial charge in [0.25, 0.3) is 0 Å². The normalized spacial score (nSPS) is 17.8. The summed E-state index contributed by atoms with van der Waals surface area (Å²) in [6.07, 6.45) is 6.91. The molecule has 2 N–H and O–H groups in total. The van der Waals surface area contributed by atoms with Gasteiger partial charge in [0.05, 0.1) is 17.0 Å². The van der Waals surface area contributed by atoms with Crippen molar-refractivity contribution in [3.8, 4) is 28.4 Å². The maximum absolute atomic E-state index is 15.0. The van der Waals surface area contributed by atoms with E-state index in [1.165, 1.54) is 6.07 Å². The molecular formula is C27H28FN3O3. The van der Waals surface area contributed by atoms with Crippen molar-refractivity contribution in [1.82, 2.24) is 15.0 Å². The van der Waals surface area contributed by atoms with E-state index in [0.717, 1.165) is 36.8 Å². The van der Waals surface area contributed by atoms with Crippen LogP contribution in [0, 0.1) is 11.7 Å². The van der Waals surface area contributed by atoms with Gasteiger partial charge in [0.2, 0.25) is 5.88 Å². The van der Waals surface area contributed by atoms with Gasteiger partial charge in [0.15, 0.2) is 0 Å². The average Bonchev–Trinajstić information content (AvgIpc) is 3.25. The molecule has 1 aromatic carbocycles. The number of halogens is 1. The van der Waals surface area contributed by atoms with Gasteiger partial charge >= 0.3 is 5.97 Å². The van der Waals surface area contributed by atoms with Gasteiger partial charge in [-0.05, 0) is 73.9 Å². The lowest BCUT2D eigenvalue weighted by Crippen LogP contribution is -2.25. The SMILES string of the molecule is C=Cc1[nH]c(-c2ccc(-c3ccc(OC4CCC(CC(=O)O)CC4)nc3)cc2F)nc1C(=C)C. The number of H-pyrrole nitrogens is 1. The molecule has 0 atom stereocenters. The van der Waals surface area contributed by atoms with Crippen LogP contribution in [0.25, 0.3) is 34.2 Å². The van der Waals surface area contributed by atoms with E-state index in [4.69, 9.17) is 9.84 Å². The smallest absolute Gasteiger partial charge is 0.303 e. The fourth-order valence-electron chi connectivity index (χ4n) is 4.37. The highest BCUT2D eigenvalue weighted by Gasteiger charge is 2.24. The van der Waals surface area contributed by atoms with Gasteiger partial charge in [0.1, 0.15) is 17.7 Å². The van der Waals surface area contributed by atoms with Crippen LogP contribution in [0.2, 0.25) is 0 Å². The van der Waals surface area contributed by atoms with Crippen LogP contribution in [0.3, 0.4) is 0 Å². The Morgan fingerprint density at radius 2 is 1.97 bits per heavy atom. The monoisotopic (exact) mass is 461 g/mol. The third kappa shape index (κ3) is 5.25. The number of nitrogens with zero attached hydrogens (tertiary/aromatic N) is 2. The quantitative estimate of drug-likeness (QED) is 0.407. The Labute approximate surface area is 198 Å². The van der Waals surface area contributed by atoms with Crippen molar-refractivity contribution >= 4 is 17.6 Å². The van der Waals surface area contributed by atoms with Crippen LogP contribution >= 0.6 is 0 Å². The molecule has 4 rings (SSSR count). The van der Waals surface area contributed by atoms with E-state index in [9.17, 15) is 9.18 Å². The summed E-state index contributed by atoms with van der Waals surface area (Å²) in [7, 11) is 0. The molecule has 0 saturated heterocycles. The lowest BCUT2D eigenvalue weighted by molar-refractivity contribution is -0.138. The molecule has 0 amide bonds. The van der Waals surface area contributed by atoms with Gasteiger partial charge in [-0.3, -0.25) is 4.79 Å². The summed E-state index contributed by atoms with van der Waals surface area (Å²) in [5.74, 6) is 0.0312. The van der Waals surface area contributed by atoms with Crippen molar-refractivity contribution < 1.29 is 19.0 Å². The Balaban J connectivity index is 1.43. The van der Waals surface area contributed by atoms with E-state index in [-0.39, 0.29) is 18.4 Å². The van der Waals surface area contributed by atoms with E-state index >= 15 is 0 Å². The fraction of sp³-hybridized carbons (Fsp3) is 0.296. The van der Waals surface area contributed by atoms with Crippen molar-refractivity contribution in [2.75, 3.05) is 0 Å². The number of hydrogen-bond donors (Lipinski definition) is 2. The summed E-state index contributed by atoms with van der Waals surface area (Å²) in [5.41, 5.74) is 3.99. The molecule has 1 fully saturated rings. The first-order valence-electron chi connectivity index (χ1n) is 11.4. The maximum Gasteiger partial charge on any atom is 0.303 e. The van der Waals surface area contributed by atoms with Crippen LogP contribution < -0.4 is 4.74 Å². The number of aromatic nitrogens is 3. The summed E-state index contributed by atoms with van der Waals surface area (Å²) in [4.78, 5) is 22.8. The molecule has 1 aliphatic carbocycles. The molecule has 2 heterocycles. The van der Waals surface area contributed by atoms with Crippen molar-refractivity contribution in [3.63, 3.8) is 0 Å². The number of aromatic amines is 1. The molecule has 176 valence electrons. The second-order valence-corrected chi connectivity index (χ2v) is 8.77. The number of allylic oxidation sites excluding steroid dienone is 1. The molecule has 1 saturated carbocycles. The lowest BCUT2D eigenvalue weighted by Gasteiger charge is -2.27. The molecule has 1 aliphatic rings. The van der Waals surface area contributed by atoms with Crippen molar-refractivity contribution in [1.29, 1.82) is 0 Å². The van der Waals surface area contributed by atoms with E-state index in [2.05, 4.69) is 28.1 Å². The first-order valence-corrected chi connectivity index (χ1v) is 11.4. The number of carboxylic acids is 1. The Morgan fingerprint density at radius 1 is 1.24 bits per heavy atom. The molecule has 0 unspecified atom stereocenters. The van der Waals surface area contributed by atoms with Gasteiger partial charge in [-0.25, -0.2) is 14.4 Å². The number of nitrogens with one attached hydrogen (secondary N) is 1. The van der Waals surface area contributed by atoms with Gasteiger partial charge in [0, 0.05) is 24.2 Å². The third-order valence-corrected chi connectivity index (χ3v) is 6.18. The van der Waals surface area contributed by atoms with Crippen molar-refractivity contribution in [2.45, 2.75) is 45.1 Å². The number of pyridine rings is 1. The molecule has 2 aromatic heterocycles. The Kier molecular flexibility index (Phi) is 6.91. The molecule has 0 radical (unpaired) electrons. The predicted octanol–water partition coefficient (Wildman–Crippen LogP) is 6.37. The number of benzene rings is 1. The van der Waals surface area contributed by atoms with Crippen LogP contribution in [0.4, 0.5) is 4.39 Å². The Bertz CT molecular complexity index is 1210. The number of hydrogen-bond acceptors (Lipinski definition) is 4. The van der Waals surface area contributed by atoms with E-state index < -0.39 is 11.8 Å². The first-order chi connectivity index (χ1) is 16.3. The van der Waals surface area contributed by atoms with E-state index in [0.29, 0.717) is 34.2 Å². The predicted molar refractivity (Wildman–Crippen MR) is 131 cm³/mol. The van der Waals surface area contributed by atoms with Gasteiger partial charge in [-0.2, -0.15) is 0 Å². The highest BCUT2D eigenvalue weighted by Crippen LogP contribution is 2.31. The lowest BCUT2D eigenvalue weighted by atomic mass is 9.85. The molecular weight excluding hydrogens is 433 g/mol. The summed E-state index contributed by atoms with van der Waals surface area (Å²) >= 11 is 0. The summed E-state index contributed by atoms with van der Waals surface area (Å²) < 4.78 is 21.0. The molecule has 7 heteroatoms. The first kappa shape index (κ1) is 23.4. The number of ether oxygens (including phenoxy) is 1. The number of carboxylic acid groups (broad SMARTS) is 1. The summed E-state index contributed by atoms with van der Waals surface area (Å²) in [6, 6.07) is 8.63. The molecule has 0 spiro atoms. The molecule has 0 aliphatic heterocycles. The minimum absolute atomic E-state index is 0.0398. The zero-order valence-corrected chi connectivity index (χ0v) is 19.2. The number of aliphatic carboxylic acids is 1. The number of rotatable bonds is 8. The van der Waals surface area contributed by atoms with Crippen molar-refractivity contribution in [3.05, 3.63) is 66.9 Å². The second-order valence-electron chi connectivity index (χ2n) is 8.77.